The first-order chi connectivity index (χ1) is 10.1. The zero-order valence-corrected chi connectivity index (χ0v) is 14.1. The van der Waals surface area contributed by atoms with Crippen LogP contribution in [0.2, 0.25) is 0 Å². The van der Waals surface area contributed by atoms with E-state index < -0.39 is 0 Å². The van der Waals surface area contributed by atoms with E-state index >= 15 is 0 Å². The molecule has 118 valence electrons. The maximum Gasteiger partial charge on any atom is 0.0644 e. The second-order valence-electron chi connectivity index (χ2n) is 6.50. The fourth-order valence-corrected chi connectivity index (χ4v) is 4.37. The van der Waals surface area contributed by atoms with Gasteiger partial charge in [0.2, 0.25) is 0 Å². The van der Waals surface area contributed by atoms with E-state index in [-0.39, 0.29) is 11.6 Å². The van der Waals surface area contributed by atoms with Crippen LogP contribution >= 0.6 is 0 Å². The molecule has 3 nitrogen and oxygen atoms in total. The Balaban J connectivity index is 2.45. The molecule has 1 atom stereocenters. The third kappa shape index (κ3) is 3.15. The van der Waals surface area contributed by atoms with Crippen molar-refractivity contribution >= 4 is 0 Å². The minimum Gasteiger partial charge on any atom is -0.296 e. The molecule has 0 bridgehead atoms. The molecule has 1 aliphatic carbocycles. The van der Waals surface area contributed by atoms with Gasteiger partial charge in [-0.3, -0.25) is 16.2 Å². The number of hydrogen-bond acceptors (Lipinski definition) is 3. The average Bonchev–Trinajstić information content (AvgIpc) is 2.90. The highest BCUT2D eigenvalue weighted by Gasteiger charge is 2.45. The number of likely N-dealkylation sites (N-methyl/N-ethyl adjacent to an activating group) is 1. The molecule has 0 aliphatic heterocycles. The van der Waals surface area contributed by atoms with Gasteiger partial charge < -0.3 is 0 Å². The zero-order chi connectivity index (χ0) is 15.5. The van der Waals surface area contributed by atoms with Gasteiger partial charge in [-0.15, -0.1) is 0 Å². The standard InChI is InChI=1S/C18H31N3/c1-5-21(6-2)18(9-7-8-10-18)17(20-19)16-12-14(3)11-15(4)13-16/h11-13,17,20H,5-10,19H2,1-4H3. The molecule has 0 aromatic heterocycles. The molecule has 0 amide bonds. The minimum atomic E-state index is 0.165. The second kappa shape index (κ2) is 6.91. The third-order valence-electron chi connectivity index (χ3n) is 5.14. The Morgan fingerprint density at radius 1 is 1.10 bits per heavy atom. The number of nitrogens with one attached hydrogen (secondary N) is 1. The van der Waals surface area contributed by atoms with Crippen LogP contribution in [0.15, 0.2) is 18.2 Å². The van der Waals surface area contributed by atoms with Gasteiger partial charge in [-0.25, -0.2) is 0 Å². The highest BCUT2D eigenvalue weighted by Crippen LogP contribution is 2.44. The normalized spacial score (nSPS) is 19.1. The number of hydrogen-bond donors (Lipinski definition) is 2. The van der Waals surface area contributed by atoms with Crippen molar-refractivity contribution in [3.63, 3.8) is 0 Å². The largest absolute Gasteiger partial charge is 0.296 e. The molecule has 2 rings (SSSR count). The van der Waals surface area contributed by atoms with Gasteiger partial charge in [0.25, 0.3) is 0 Å². The van der Waals surface area contributed by atoms with Crippen LogP contribution in [-0.2, 0) is 0 Å². The summed E-state index contributed by atoms with van der Waals surface area (Å²) in [6.45, 7) is 11.0. The van der Waals surface area contributed by atoms with Crippen molar-refractivity contribution in [1.29, 1.82) is 0 Å². The molecule has 0 saturated heterocycles. The molecule has 0 heterocycles. The lowest BCUT2D eigenvalue weighted by molar-refractivity contribution is 0.0626. The number of aryl methyl sites for hydroxylation is 2. The molecule has 1 aromatic carbocycles. The van der Waals surface area contributed by atoms with E-state index in [1.165, 1.54) is 42.4 Å². The summed E-state index contributed by atoms with van der Waals surface area (Å²) in [5, 5.41) is 0. The van der Waals surface area contributed by atoms with Crippen LogP contribution in [0, 0.1) is 13.8 Å². The van der Waals surface area contributed by atoms with Crippen molar-refractivity contribution in [3.8, 4) is 0 Å². The Bertz CT molecular complexity index is 439. The maximum absolute atomic E-state index is 6.04. The number of nitrogens with zero attached hydrogens (tertiary/aromatic N) is 1. The third-order valence-corrected chi connectivity index (χ3v) is 5.14. The average molecular weight is 289 g/mol. The van der Waals surface area contributed by atoms with Crippen molar-refractivity contribution in [3.05, 3.63) is 34.9 Å². The van der Waals surface area contributed by atoms with Gasteiger partial charge in [0.05, 0.1) is 6.04 Å². The summed E-state index contributed by atoms with van der Waals surface area (Å²) in [5.41, 5.74) is 7.30. The predicted octanol–water partition coefficient (Wildman–Crippen LogP) is 3.46. The Morgan fingerprint density at radius 2 is 1.62 bits per heavy atom. The number of rotatable bonds is 6. The summed E-state index contributed by atoms with van der Waals surface area (Å²) in [5.74, 6) is 6.04. The lowest BCUT2D eigenvalue weighted by atomic mass is 9.81. The fourth-order valence-electron chi connectivity index (χ4n) is 4.37. The van der Waals surface area contributed by atoms with E-state index in [0.29, 0.717) is 0 Å². The van der Waals surface area contributed by atoms with E-state index in [2.05, 4.69) is 56.2 Å². The lowest BCUT2D eigenvalue weighted by Gasteiger charge is -2.46. The Morgan fingerprint density at radius 3 is 2.05 bits per heavy atom. The quantitative estimate of drug-likeness (QED) is 0.622. The van der Waals surface area contributed by atoms with Crippen LogP contribution in [0.5, 0.6) is 0 Å². The molecule has 0 spiro atoms. The van der Waals surface area contributed by atoms with Crippen molar-refractivity contribution in [2.24, 2.45) is 5.84 Å². The van der Waals surface area contributed by atoms with Crippen molar-refractivity contribution < 1.29 is 0 Å². The monoisotopic (exact) mass is 289 g/mol. The van der Waals surface area contributed by atoms with Crippen LogP contribution in [0.3, 0.4) is 0 Å². The van der Waals surface area contributed by atoms with Gasteiger partial charge in [-0.05, 0) is 45.3 Å². The maximum atomic E-state index is 6.04. The highest BCUT2D eigenvalue weighted by molar-refractivity contribution is 5.33. The Labute approximate surface area is 129 Å². The molecule has 1 fully saturated rings. The van der Waals surface area contributed by atoms with Gasteiger partial charge in [0.1, 0.15) is 0 Å². The molecular weight excluding hydrogens is 258 g/mol. The van der Waals surface area contributed by atoms with E-state index in [0.717, 1.165) is 13.1 Å². The molecule has 1 aliphatic rings. The summed E-state index contributed by atoms with van der Waals surface area (Å²) in [6.07, 6.45) is 5.08. The Kier molecular flexibility index (Phi) is 5.42. The summed E-state index contributed by atoms with van der Waals surface area (Å²) >= 11 is 0. The first-order valence-electron chi connectivity index (χ1n) is 8.36. The van der Waals surface area contributed by atoms with Crippen LogP contribution < -0.4 is 11.3 Å². The van der Waals surface area contributed by atoms with Crippen LogP contribution in [0.25, 0.3) is 0 Å². The van der Waals surface area contributed by atoms with E-state index in [9.17, 15) is 0 Å². The topological polar surface area (TPSA) is 41.3 Å². The molecule has 1 saturated carbocycles. The van der Waals surface area contributed by atoms with E-state index in [4.69, 9.17) is 5.84 Å². The fraction of sp³-hybridized carbons (Fsp3) is 0.667. The minimum absolute atomic E-state index is 0.165. The second-order valence-corrected chi connectivity index (χ2v) is 6.50. The summed E-state index contributed by atoms with van der Waals surface area (Å²) in [7, 11) is 0. The van der Waals surface area contributed by atoms with Crippen LogP contribution in [-0.4, -0.2) is 23.5 Å². The SMILES string of the molecule is CCN(CC)C1(C(NN)c2cc(C)cc(C)c2)CCCC1. The van der Waals surface area contributed by atoms with Gasteiger partial charge in [0.15, 0.2) is 0 Å². The van der Waals surface area contributed by atoms with Crippen molar-refractivity contribution in [1.82, 2.24) is 10.3 Å². The number of benzene rings is 1. The van der Waals surface area contributed by atoms with Crippen LogP contribution in [0.4, 0.5) is 0 Å². The smallest absolute Gasteiger partial charge is 0.0644 e. The zero-order valence-electron chi connectivity index (χ0n) is 14.1. The summed E-state index contributed by atoms with van der Waals surface area (Å²) < 4.78 is 0. The molecule has 1 unspecified atom stereocenters. The molecule has 1 aromatic rings. The molecule has 3 heteroatoms. The number of nitrogens with two attached hydrogens (primary N) is 1. The molecule has 21 heavy (non-hydrogen) atoms. The molecule has 3 N–H and O–H groups in total. The first-order valence-corrected chi connectivity index (χ1v) is 8.36. The lowest BCUT2D eigenvalue weighted by Crippen LogP contribution is -2.56. The van der Waals surface area contributed by atoms with Gasteiger partial charge >= 0.3 is 0 Å². The van der Waals surface area contributed by atoms with Gasteiger partial charge in [-0.2, -0.15) is 0 Å². The molecular formula is C18H31N3. The highest BCUT2D eigenvalue weighted by atomic mass is 15.3. The molecule has 0 radical (unpaired) electrons. The van der Waals surface area contributed by atoms with E-state index in [1.807, 2.05) is 0 Å². The summed E-state index contributed by atoms with van der Waals surface area (Å²) in [6, 6.07) is 7.02. The predicted molar refractivity (Wildman–Crippen MR) is 90.1 cm³/mol. The number of hydrazine groups is 1. The first kappa shape index (κ1) is 16.5. The Hall–Kier alpha value is -0.900. The summed E-state index contributed by atoms with van der Waals surface area (Å²) in [4.78, 5) is 2.61. The van der Waals surface area contributed by atoms with Gasteiger partial charge in [-0.1, -0.05) is 56.0 Å². The van der Waals surface area contributed by atoms with E-state index in [1.54, 1.807) is 0 Å². The van der Waals surface area contributed by atoms with Crippen LogP contribution in [0.1, 0.15) is 62.3 Å². The van der Waals surface area contributed by atoms with Crippen molar-refractivity contribution in [2.75, 3.05) is 13.1 Å². The van der Waals surface area contributed by atoms with Crippen molar-refractivity contribution in [2.45, 2.75) is 65.0 Å². The van der Waals surface area contributed by atoms with Gasteiger partial charge in [0, 0.05) is 5.54 Å².